The first-order chi connectivity index (χ1) is 8.65. The fourth-order valence-electron chi connectivity index (χ4n) is 1.49. The van der Waals surface area contributed by atoms with Gasteiger partial charge in [-0.1, -0.05) is 36.8 Å². The Hall–Kier alpha value is -1.00. The van der Waals surface area contributed by atoms with Gasteiger partial charge in [0.15, 0.2) is 0 Å². The molecule has 0 fully saturated rings. The number of amides is 1. The number of rotatable bonds is 7. The molecule has 1 aromatic carbocycles. The first kappa shape index (κ1) is 15.1. The van der Waals surface area contributed by atoms with Crippen molar-refractivity contribution in [2.45, 2.75) is 32.1 Å². The van der Waals surface area contributed by atoms with Gasteiger partial charge in [-0.15, -0.1) is 11.8 Å². The molecule has 100 valence electrons. The van der Waals surface area contributed by atoms with Crippen LogP contribution in [-0.4, -0.2) is 29.4 Å². The summed E-state index contributed by atoms with van der Waals surface area (Å²) < 4.78 is 0. The molecule has 1 atom stereocenters. The van der Waals surface area contributed by atoms with Gasteiger partial charge < -0.3 is 10.4 Å². The quantitative estimate of drug-likeness (QED) is 0.795. The lowest BCUT2D eigenvalue weighted by molar-refractivity contribution is -0.119. The lowest BCUT2D eigenvalue weighted by Gasteiger charge is -2.13. The molecule has 0 saturated carbocycles. The van der Waals surface area contributed by atoms with E-state index in [0.717, 1.165) is 12.2 Å². The highest BCUT2D eigenvalue weighted by atomic mass is 32.2. The van der Waals surface area contributed by atoms with Crippen molar-refractivity contribution in [3.8, 4) is 0 Å². The number of benzene rings is 1. The van der Waals surface area contributed by atoms with Crippen LogP contribution in [0, 0.1) is 6.92 Å². The predicted molar refractivity (Wildman–Crippen MR) is 76.6 cm³/mol. The van der Waals surface area contributed by atoms with Crippen molar-refractivity contribution >= 4 is 17.7 Å². The second kappa shape index (κ2) is 8.16. The van der Waals surface area contributed by atoms with Crippen LogP contribution in [0.3, 0.4) is 0 Å². The largest absolute Gasteiger partial charge is 0.394 e. The Bertz CT molecular complexity index is 361. The topological polar surface area (TPSA) is 49.3 Å². The summed E-state index contributed by atoms with van der Waals surface area (Å²) in [5.74, 6) is 1.27. The molecule has 4 heteroatoms. The van der Waals surface area contributed by atoms with E-state index in [1.807, 2.05) is 6.92 Å². The Kier molecular flexibility index (Phi) is 6.83. The van der Waals surface area contributed by atoms with Crippen LogP contribution in [0.2, 0.25) is 0 Å². The van der Waals surface area contributed by atoms with Crippen molar-refractivity contribution in [3.05, 3.63) is 35.4 Å². The number of aliphatic hydroxyl groups is 1. The molecule has 0 bridgehead atoms. The van der Waals surface area contributed by atoms with E-state index in [1.165, 1.54) is 11.1 Å². The van der Waals surface area contributed by atoms with E-state index < -0.39 is 0 Å². The molecule has 3 nitrogen and oxygen atoms in total. The Balaban J connectivity index is 2.25. The zero-order valence-corrected chi connectivity index (χ0v) is 11.8. The van der Waals surface area contributed by atoms with E-state index in [9.17, 15) is 4.79 Å². The highest BCUT2D eigenvalue weighted by Crippen LogP contribution is 2.12. The van der Waals surface area contributed by atoms with Gasteiger partial charge in [-0.2, -0.15) is 0 Å². The van der Waals surface area contributed by atoms with Gasteiger partial charge in [0.05, 0.1) is 18.4 Å². The van der Waals surface area contributed by atoms with Crippen molar-refractivity contribution in [2.75, 3.05) is 12.4 Å². The smallest absolute Gasteiger partial charge is 0.230 e. The molecular weight excluding hydrogens is 246 g/mol. The van der Waals surface area contributed by atoms with Crippen LogP contribution in [0.1, 0.15) is 24.5 Å². The van der Waals surface area contributed by atoms with Crippen LogP contribution in [0.15, 0.2) is 24.3 Å². The molecule has 1 aromatic rings. The molecule has 0 aliphatic rings. The monoisotopic (exact) mass is 267 g/mol. The lowest BCUT2D eigenvalue weighted by Crippen LogP contribution is -2.37. The van der Waals surface area contributed by atoms with E-state index in [2.05, 4.69) is 36.5 Å². The minimum atomic E-state index is -0.113. The van der Waals surface area contributed by atoms with Gasteiger partial charge in [0.25, 0.3) is 0 Å². The summed E-state index contributed by atoms with van der Waals surface area (Å²) in [6, 6.07) is 8.22. The summed E-state index contributed by atoms with van der Waals surface area (Å²) >= 11 is 1.59. The van der Waals surface area contributed by atoms with Crippen LogP contribution < -0.4 is 5.32 Å². The van der Waals surface area contributed by atoms with Crippen LogP contribution >= 0.6 is 11.8 Å². The van der Waals surface area contributed by atoms with Crippen LogP contribution in [-0.2, 0) is 10.5 Å². The van der Waals surface area contributed by atoms with Gasteiger partial charge in [0, 0.05) is 5.75 Å². The number of hydrogen-bond acceptors (Lipinski definition) is 3. The molecule has 0 saturated heterocycles. The molecule has 1 rings (SSSR count). The van der Waals surface area contributed by atoms with Gasteiger partial charge in [-0.3, -0.25) is 4.79 Å². The van der Waals surface area contributed by atoms with E-state index >= 15 is 0 Å². The third-order valence-corrected chi connectivity index (χ3v) is 3.70. The van der Waals surface area contributed by atoms with E-state index in [1.54, 1.807) is 11.8 Å². The highest BCUT2D eigenvalue weighted by molar-refractivity contribution is 7.99. The summed E-state index contributed by atoms with van der Waals surface area (Å²) in [6.07, 6.45) is 0.755. The van der Waals surface area contributed by atoms with Gasteiger partial charge in [0.1, 0.15) is 0 Å². The van der Waals surface area contributed by atoms with Crippen molar-refractivity contribution in [2.24, 2.45) is 0 Å². The molecule has 0 aromatic heterocycles. The average molecular weight is 267 g/mol. The SMILES string of the molecule is CC[C@@H](CO)NC(=O)CSCc1ccc(C)cc1. The Labute approximate surface area is 113 Å². The molecule has 0 radical (unpaired) electrons. The zero-order chi connectivity index (χ0) is 13.4. The normalized spacial score (nSPS) is 12.2. The number of aryl methyl sites for hydroxylation is 1. The van der Waals surface area contributed by atoms with Gasteiger partial charge in [0.2, 0.25) is 5.91 Å². The lowest BCUT2D eigenvalue weighted by atomic mass is 10.2. The second-order valence-electron chi connectivity index (χ2n) is 4.33. The second-order valence-corrected chi connectivity index (χ2v) is 5.32. The number of carbonyl (C=O) groups is 1. The third kappa shape index (κ3) is 5.56. The predicted octanol–water partition coefficient (Wildman–Crippen LogP) is 2.12. The summed E-state index contributed by atoms with van der Waals surface area (Å²) in [4.78, 5) is 11.6. The summed E-state index contributed by atoms with van der Waals surface area (Å²) in [5.41, 5.74) is 2.47. The summed E-state index contributed by atoms with van der Waals surface area (Å²) in [6.45, 7) is 4.01. The Morgan fingerprint density at radius 3 is 2.61 bits per heavy atom. The number of nitrogens with one attached hydrogen (secondary N) is 1. The molecular formula is C14H21NO2S. The van der Waals surface area contributed by atoms with E-state index in [-0.39, 0.29) is 18.6 Å². The van der Waals surface area contributed by atoms with Crippen LogP contribution in [0.25, 0.3) is 0 Å². The number of thioether (sulfide) groups is 1. The molecule has 0 aliphatic heterocycles. The van der Waals surface area contributed by atoms with Gasteiger partial charge >= 0.3 is 0 Å². The minimum Gasteiger partial charge on any atom is -0.394 e. The van der Waals surface area contributed by atoms with Crippen molar-refractivity contribution in [1.29, 1.82) is 0 Å². The van der Waals surface area contributed by atoms with Gasteiger partial charge in [-0.25, -0.2) is 0 Å². The first-order valence-corrected chi connectivity index (χ1v) is 7.34. The molecule has 0 unspecified atom stereocenters. The average Bonchev–Trinajstić information content (AvgIpc) is 2.38. The maximum atomic E-state index is 11.6. The number of hydrogen-bond donors (Lipinski definition) is 2. The first-order valence-electron chi connectivity index (χ1n) is 6.19. The summed E-state index contributed by atoms with van der Waals surface area (Å²) in [7, 11) is 0. The minimum absolute atomic E-state index is 0.00483. The highest BCUT2D eigenvalue weighted by Gasteiger charge is 2.08. The Morgan fingerprint density at radius 2 is 2.06 bits per heavy atom. The number of carbonyl (C=O) groups excluding carboxylic acids is 1. The third-order valence-electron chi connectivity index (χ3n) is 2.70. The zero-order valence-electron chi connectivity index (χ0n) is 11.0. The Morgan fingerprint density at radius 1 is 1.39 bits per heavy atom. The van der Waals surface area contributed by atoms with Gasteiger partial charge in [-0.05, 0) is 18.9 Å². The van der Waals surface area contributed by atoms with Crippen molar-refractivity contribution < 1.29 is 9.90 Å². The maximum absolute atomic E-state index is 11.6. The van der Waals surface area contributed by atoms with Crippen molar-refractivity contribution in [3.63, 3.8) is 0 Å². The van der Waals surface area contributed by atoms with E-state index in [4.69, 9.17) is 5.11 Å². The van der Waals surface area contributed by atoms with E-state index in [0.29, 0.717) is 5.75 Å². The molecule has 1 amide bonds. The molecule has 0 spiro atoms. The fraction of sp³-hybridized carbons (Fsp3) is 0.500. The molecule has 18 heavy (non-hydrogen) atoms. The molecule has 2 N–H and O–H groups in total. The number of aliphatic hydroxyl groups excluding tert-OH is 1. The standard InChI is InChI=1S/C14H21NO2S/c1-3-13(8-16)15-14(17)10-18-9-12-6-4-11(2)5-7-12/h4-7,13,16H,3,8-10H2,1-2H3,(H,15,17)/t13-/m0/s1. The van der Waals surface area contributed by atoms with Crippen LogP contribution in [0.4, 0.5) is 0 Å². The summed E-state index contributed by atoms with van der Waals surface area (Å²) in [5, 5.41) is 11.8. The fourth-order valence-corrected chi connectivity index (χ4v) is 2.29. The molecule has 0 heterocycles. The van der Waals surface area contributed by atoms with Crippen LogP contribution in [0.5, 0.6) is 0 Å². The molecule has 0 aliphatic carbocycles. The maximum Gasteiger partial charge on any atom is 0.230 e. The van der Waals surface area contributed by atoms with Crippen molar-refractivity contribution in [1.82, 2.24) is 5.32 Å².